The fraction of sp³-hybridized carbons (Fsp3) is 0.892. The van der Waals surface area contributed by atoms with Crippen LogP contribution in [-0.2, 0) is 38.0 Å². The Morgan fingerprint density at radius 3 is 1.34 bits per heavy atom. The van der Waals surface area contributed by atoms with Gasteiger partial charge in [0.1, 0.15) is 23.4 Å². The van der Waals surface area contributed by atoms with Crippen molar-refractivity contribution in [3.63, 3.8) is 0 Å². The largest absolute Gasteiger partial charge is 0.509 e. The van der Waals surface area contributed by atoms with E-state index in [-0.39, 0.29) is 18.8 Å². The Hall–Kier alpha value is -2.94. The third kappa shape index (κ3) is 16.1. The molecule has 0 heterocycles. The van der Waals surface area contributed by atoms with Gasteiger partial charge in [0.25, 0.3) is 0 Å². The molecule has 10 nitrogen and oxygen atoms in total. The molecule has 0 N–H and O–H groups in total. The Balaban J connectivity index is 0.00000103. The molecule has 0 saturated heterocycles. The quantitative estimate of drug-likeness (QED) is 0.114. The number of esters is 2. The molecular formula is C37H62F6O10. The molecule has 0 radical (unpaired) electrons. The maximum absolute atomic E-state index is 13.8. The van der Waals surface area contributed by atoms with E-state index in [1.165, 1.54) is 27.7 Å². The average Bonchev–Trinajstić information content (AvgIpc) is 2.94. The highest BCUT2D eigenvalue weighted by atomic mass is 19.4. The van der Waals surface area contributed by atoms with E-state index in [1.54, 1.807) is 55.4 Å². The van der Waals surface area contributed by atoms with Gasteiger partial charge in [-0.15, -0.1) is 0 Å². The summed E-state index contributed by atoms with van der Waals surface area (Å²) in [4.78, 5) is 47.8. The molecule has 0 aromatic rings. The van der Waals surface area contributed by atoms with Crippen LogP contribution >= 0.6 is 0 Å². The van der Waals surface area contributed by atoms with Gasteiger partial charge in [-0.1, -0.05) is 13.8 Å². The van der Waals surface area contributed by atoms with Crippen molar-refractivity contribution in [1.82, 2.24) is 0 Å². The number of alkyl halides is 6. The number of carbonyl (C=O) groups is 4. The predicted octanol–water partition coefficient (Wildman–Crippen LogP) is 10.8. The van der Waals surface area contributed by atoms with E-state index in [2.05, 4.69) is 4.74 Å². The molecule has 0 aromatic carbocycles. The van der Waals surface area contributed by atoms with Crippen molar-refractivity contribution in [2.24, 2.45) is 16.7 Å². The minimum absolute atomic E-state index is 0.128. The van der Waals surface area contributed by atoms with Crippen LogP contribution in [0.1, 0.15) is 149 Å². The molecular weight excluding hydrogens is 718 g/mol. The van der Waals surface area contributed by atoms with Crippen molar-refractivity contribution in [1.29, 1.82) is 0 Å². The molecule has 0 aromatic heterocycles. The van der Waals surface area contributed by atoms with Gasteiger partial charge in [-0.05, 0) is 129 Å². The maximum atomic E-state index is 13.8. The van der Waals surface area contributed by atoms with Gasteiger partial charge in [0.2, 0.25) is 11.2 Å². The maximum Gasteiger partial charge on any atom is 0.509 e. The lowest BCUT2D eigenvalue weighted by Crippen LogP contribution is -2.54. The molecule has 1 aliphatic carbocycles. The highest BCUT2D eigenvalue weighted by Gasteiger charge is 2.60. The highest BCUT2D eigenvalue weighted by molar-refractivity contribution is 5.76. The van der Waals surface area contributed by atoms with Crippen LogP contribution in [0.3, 0.4) is 0 Å². The molecule has 1 saturated carbocycles. The van der Waals surface area contributed by atoms with E-state index in [9.17, 15) is 45.5 Å². The van der Waals surface area contributed by atoms with Crippen LogP contribution in [0, 0.1) is 16.7 Å². The summed E-state index contributed by atoms with van der Waals surface area (Å²) < 4.78 is 111. The van der Waals surface area contributed by atoms with Crippen molar-refractivity contribution in [2.45, 2.75) is 196 Å². The number of ether oxygens (including phenoxy) is 6. The Kier molecular flexibility index (Phi) is 17.1. The molecule has 3 atom stereocenters. The Bertz CT molecular complexity index is 1220. The molecule has 53 heavy (non-hydrogen) atoms. The normalized spacial score (nSPS) is 20.2. The molecule has 1 aliphatic rings. The summed E-state index contributed by atoms with van der Waals surface area (Å²) in [5.74, 6) is -1.89. The number of hydrogen-bond donors (Lipinski definition) is 0. The van der Waals surface area contributed by atoms with E-state index < -0.39 is 88.4 Å². The number of hydrogen-bond acceptors (Lipinski definition) is 10. The summed E-state index contributed by atoms with van der Waals surface area (Å²) in [5, 5.41) is 0. The summed E-state index contributed by atoms with van der Waals surface area (Å²) in [7, 11) is 0. The fourth-order valence-corrected chi connectivity index (χ4v) is 4.75. The van der Waals surface area contributed by atoms with Crippen LogP contribution < -0.4 is 0 Å². The van der Waals surface area contributed by atoms with Gasteiger partial charge in [0.05, 0.1) is 10.8 Å². The predicted molar refractivity (Wildman–Crippen MR) is 184 cm³/mol. The second-order valence-corrected chi connectivity index (χ2v) is 17.2. The number of carbonyl (C=O) groups excluding carboxylic acids is 4. The Morgan fingerprint density at radius 1 is 0.585 bits per heavy atom. The third-order valence-corrected chi connectivity index (χ3v) is 9.13. The van der Waals surface area contributed by atoms with Crippen LogP contribution in [0.2, 0.25) is 0 Å². The topological polar surface area (TPSA) is 124 Å². The van der Waals surface area contributed by atoms with Crippen LogP contribution in [0.5, 0.6) is 0 Å². The second kappa shape index (κ2) is 18.1. The molecule has 0 amide bonds. The zero-order valence-corrected chi connectivity index (χ0v) is 34.0. The first-order valence-electron chi connectivity index (χ1n) is 17.8. The lowest BCUT2D eigenvalue weighted by atomic mass is 9.76. The van der Waals surface area contributed by atoms with Gasteiger partial charge in [0.15, 0.2) is 0 Å². The minimum atomic E-state index is -4.86. The van der Waals surface area contributed by atoms with Crippen molar-refractivity contribution in [3.05, 3.63) is 0 Å². The van der Waals surface area contributed by atoms with Gasteiger partial charge in [0, 0.05) is 12.3 Å². The summed E-state index contributed by atoms with van der Waals surface area (Å²) >= 11 is 0. The zero-order chi connectivity index (χ0) is 42.2. The van der Waals surface area contributed by atoms with Gasteiger partial charge in [-0.3, -0.25) is 9.59 Å². The monoisotopic (exact) mass is 780 g/mol. The SMILES string of the molecule is CCC(C)(C)C(=O)OC(C)CC(C)(OC(=O)OC(C)(C)C)C(F)(F)F.CCC(C)(C)C(=O)OC1CCC(C(C)(OC(=O)OC(C)(C)C)C(F)(F)F)CC1. The van der Waals surface area contributed by atoms with Gasteiger partial charge >= 0.3 is 36.6 Å². The van der Waals surface area contributed by atoms with Crippen LogP contribution in [0.25, 0.3) is 0 Å². The molecule has 1 fully saturated rings. The van der Waals surface area contributed by atoms with E-state index >= 15 is 0 Å². The lowest BCUT2D eigenvalue weighted by Gasteiger charge is -2.41. The van der Waals surface area contributed by atoms with E-state index in [0.717, 1.165) is 13.8 Å². The molecule has 0 spiro atoms. The van der Waals surface area contributed by atoms with Gasteiger partial charge in [-0.25, -0.2) is 9.59 Å². The first-order chi connectivity index (χ1) is 23.4. The number of rotatable bonds is 11. The summed E-state index contributed by atoms with van der Waals surface area (Å²) in [6.45, 7) is 22.6. The Labute approximate surface area is 310 Å². The molecule has 3 unspecified atom stereocenters. The van der Waals surface area contributed by atoms with E-state index in [1.807, 2.05) is 6.92 Å². The standard InChI is InChI=1S/C20H33F3O5.C17H29F3O5/c1-8-18(5,6)15(24)26-14-11-9-13(10-12-14)19(7,20(21,22)23)28-16(25)27-17(2,3)4;1-9-15(6,7)12(21)23-11(2)10-16(8,17(18,19)20)25-13(22)24-14(3,4)5/h13-14H,8-12H2,1-7H3;11H,9-10H2,1-8H3. The van der Waals surface area contributed by atoms with Gasteiger partial charge < -0.3 is 28.4 Å². The van der Waals surface area contributed by atoms with Gasteiger partial charge in [-0.2, -0.15) is 26.3 Å². The lowest BCUT2D eigenvalue weighted by molar-refractivity contribution is -0.281. The molecule has 0 bridgehead atoms. The Morgan fingerprint density at radius 2 is 0.981 bits per heavy atom. The summed E-state index contributed by atoms with van der Waals surface area (Å²) in [6, 6.07) is 0. The average molecular weight is 781 g/mol. The molecule has 0 aliphatic heterocycles. The number of halogens is 6. The van der Waals surface area contributed by atoms with Crippen molar-refractivity contribution < 1.29 is 73.9 Å². The third-order valence-electron chi connectivity index (χ3n) is 9.13. The first-order valence-corrected chi connectivity index (χ1v) is 17.8. The first kappa shape index (κ1) is 50.1. The summed E-state index contributed by atoms with van der Waals surface area (Å²) in [5.41, 5.74) is -8.89. The van der Waals surface area contributed by atoms with Crippen LogP contribution in [-0.4, -0.2) is 71.2 Å². The van der Waals surface area contributed by atoms with Crippen molar-refractivity contribution >= 4 is 24.2 Å². The zero-order valence-electron chi connectivity index (χ0n) is 34.0. The van der Waals surface area contributed by atoms with E-state index in [0.29, 0.717) is 25.7 Å². The molecule has 1 rings (SSSR count). The molecule has 16 heteroatoms. The van der Waals surface area contributed by atoms with Crippen LogP contribution in [0.4, 0.5) is 35.9 Å². The second-order valence-electron chi connectivity index (χ2n) is 17.2. The van der Waals surface area contributed by atoms with Crippen LogP contribution in [0.15, 0.2) is 0 Å². The van der Waals surface area contributed by atoms with E-state index in [4.69, 9.17) is 23.7 Å². The minimum Gasteiger partial charge on any atom is -0.462 e. The van der Waals surface area contributed by atoms with Crippen molar-refractivity contribution in [3.8, 4) is 0 Å². The van der Waals surface area contributed by atoms with Crippen molar-refractivity contribution in [2.75, 3.05) is 0 Å². The highest BCUT2D eigenvalue weighted by Crippen LogP contribution is 2.46. The fourth-order valence-electron chi connectivity index (χ4n) is 4.75. The summed E-state index contributed by atoms with van der Waals surface area (Å²) in [6.07, 6.45) is -12.7. The smallest absolute Gasteiger partial charge is 0.462 e. The molecule has 312 valence electrons.